The molecule has 1 aliphatic heterocycles. The van der Waals surface area contributed by atoms with Crippen LogP contribution in [0, 0.1) is 0 Å². The number of hydrogen-bond acceptors (Lipinski definition) is 5. The fourth-order valence-electron chi connectivity index (χ4n) is 3.62. The Morgan fingerprint density at radius 2 is 1.69 bits per heavy atom. The third kappa shape index (κ3) is 5.37. The third-order valence-corrected chi connectivity index (χ3v) is 5.12. The fourth-order valence-corrected chi connectivity index (χ4v) is 3.62. The number of methoxy groups -OCH3 is 1. The van der Waals surface area contributed by atoms with Gasteiger partial charge in [0.2, 0.25) is 6.79 Å². The number of nitrogens with one attached hydrogen (secondary N) is 2. The highest BCUT2D eigenvalue weighted by atomic mass is 16.7. The summed E-state index contributed by atoms with van der Waals surface area (Å²) in [6.45, 7) is 0.220. The Morgan fingerprint density at radius 3 is 2.50 bits per heavy atom. The van der Waals surface area contributed by atoms with Gasteiger partial charge in [0.05, 0.1) is 12.7 Å². The molecule has 2 N–H and O–H groups in total. The van der Waals surface area contributed by atoms with Crippen LogP contribution in [0.2, 0.25) is 0 Å². The topological polar surface area (TPSA) is 85.9 Å². The van der Waals surface area contributed by atoms with Crippen LogP contribution in [0.15, 0.2) is 72.8 Å². The second-order valence-electron chi connectivity index (χ2n) is 7.45. The molecule has 0 aliphatic carbocycles. The van der Waals surface area contributed by atoms with Gasteiger partial charge in [0.15, 0.2) is 11.5 Å². The number of hydrogen-bond donors (Lipinski definition) is 2. The summed E-state index contributed by atoms with van der Waals surface area (Å²) in [5.74, 6) is 0.980. The summed E-state index contributed by atoms with van der Waals surface area (Å²) in [6, 6.07) is 21.9. The van der Waals surface area contributed by atoms with Crippen LogP contribution in [-0.2, 0) is 17.6 Å². The lowest BCUT2D eigenvalue weighted by Crippen LogP contribution is -2.40. The number of carbonyl (C=O) groups excluding carboxylic acids is 2. The molecule has 0 spiro atoms. The number of anilines is 1. The van der Waals surface area contributed by atoms with E-state index in [2.05, 4.69) is 10.6 Å². The van der Waals surface area contributed by atoms with Gasteiger partial charge in [-0.1, -0.05) is 42.5 Å². The van der Waals surface area contributed by atoms with E-state index in [4.69, 9.17) is 14.2 Å². The summed E-state index contributed by atoms with van der Waals surface area (Å²) in [6.07, 6.45) is 1.27. The zero-order chi connectivity index (χ0) is 22.3. The van der Waals surface area contributed by atoms with E-state index >= 15 is 0 Å². The van der Waals surface area contributed by atoms with Crippen LogP contribution in [0.1, 0.15) is 21.5 Å². The van der Waals surface area contributed by atoms with Crippen LogP contribution in [0.5, 0.6) is 11.5 Å². The smallest absolute Gasteiger partial charge is 0.337 e. The van der Waals surface area contributed by atoms with Gasteiger partial charge in [-0.3, -0.25) is 0 Å². The number of carbonyl (C=O) groups is 2. The first-order chi connectivity index (χ1) is 15.6. The average Bonchev–Trinajstić information content (AvgIpc) is 3.27. The Bertz CT molecular complexity index is 1100. The molecule has 0 saturated heterocycles. The summed E-state index contributed by atoms with van der Waals surface area (Å²) < 4.78 is 15.6. The molecular weight excluding hydrogens is 408 g/mol. The number of fused-ring (bicyclic) bond motifs is 1. The molecule has 0 saturated carbocycles. The molecule has 0 radical (unpaired) electrons. The van der Waals surface area contributed by atoms with Crippen molar-refractivity contribution in [1.29, 1.82) is 0 Å². The van der Waals surface area contributed by atoms with E-state index in [1.165, 1.54) is 7.11 Å². The first-order valence-electron chi connectivity index (χ1n) is 10.3. The van der Waals surface area contributed by atoms with Crippen molar-refractivity contribution in [1.82, 2.24) is 5.32 Å². The number of ether oxygens (including phenoxy) is 3. The molecule has 7 nitrogen and oxygen atoms in total. The molecule has 32 heavy (non-hydrogen) atoms. The van der Waals surface area contributed by atoms with Gasteiger partial charge in [0.25, 0.3) is 0 Å². The standard InChI is InChI=1S/C25H24N2O5/c1-30-24(28)19-8-5-9-20(15-19)26-25(29)27-21(12-17-6-3-2-4-7-17)13-18-10-11-22-23(14-18)32-16-31-22/h2-11,14-15,21H,12-13,16H2,1H3,(H2,26,27,29). The van der Waals surface area contributed by atoms with E-state index < -0.39 is 5.97 Å². The van der Waals surface area contributed by atoms with Gasteiger partial charge in [0, 0.05) is 11.7 Å². The van der Waals surface area contributed by atoms with Crippen molar-refractivity contribution in [2.75, 3.05) is 19.2 Å². The van der Waals surface area contributed by atoms with Crippen LogP contribution in [-0.4, -0.2) is 31.9 Å². The molecule has 0 aromatic heterocycles. The molecule has 2 amide bonds. The number of amides is 2. The highest BCUT2D eigenvalue weighted by molar-refractivity contribution is 5.94. The van der Waals surface area contributed by atoms with E-state index in [0.717, 1.165) is 16.9 Å². The van der Waals surface area contributed by atoms with Gasteiger partial charge >= 0.3 is 12.0 Å². The van der Waals surface area contributed by atoms with Crippen molar-refractivity contribution in [3.63, 3.8) is 0 Å². The van der Waals surface area contributed by atoms with Gasteiger partial charge in [-0.2, -0.15) is 0 Å². The van der Waals surface area contributed by atoms with Gasteiger partial charge < -0.3 is 24.8 Å². The maximum atomic E-state index is 12.8. The summed E-state index contributed by atoms with van der Waals surface area (Å²) in [7, 11) is 1.32. The minimum Gasteiger partial charge on any atom is -0.465 e. The SMILES string of the molecule is COC(=O)c1cccc(NC(=O)NC(Cc2ccccc2)Cc2ccc3c(c2)OCO3)c1. The molecule has 3 aromatic rings. The molecule has 1 unspecified atom stereocenters. The maximum absolute atomic E-state index is 12.8. The summed E-state index contributed by atoms with van der Waals surface area (Å²) in [5.41, 5.74) is 3.02. The lowest BCUT2D eigenvalue weighted by Gasteiger charge is -2.20. The van der Waals surface area contributed by atoms with Gasteiger partial charge in [-0.15, -0.1) is 0 Å². The van der Waals surface area contributed by atoms with Crippen molar-refractivity contribution in [2.24, 2.45) is 0 Å². The Kier molecular flexibility index (Phi) is 6.55. The predicted molar refractivity (Wildman–Crippen MR) is 120 cm³/mol. The largest absolute Gasteiger partial charge is 0.465 e. The lowest BCUT2D eigenvalue weighted by atomic mass is 9.98. The van der Waals surface area contributed by atoms with E-state index in [1.807, 2.05) is 48.5 Å². The molecule has 1 heterocycles. The molecule has 4 rings (SSSR count). The normalized spacial score (nSPS) is 12.7. The van der Waals surface area contributed by atoms with Crippen molar-refractivity contribution in [2.45, 2.75) is 18.9 Å². The fraction of sp³-hybridized carbons (Fsp3) is 0.200. The van der Waals surface area contributed by atoms with Crippen LogP contribution >= 0.6 is 0 Å². The quantitative estimate of drug-likeness (QED) is 0.547. The third-order valence-electron chi connectivity index (χ3n) is 5.12. The summed E-state index contributed by atoms with van der Waals surface area (Å²) >= 11 is 0. The van der Waals surface area contributed by atoms with Crippen molar-refractivity contribution in [3.8, 4) is 11.5 Å². The first-order valence-corrected chi connectivity index (χ1v) is 10.3. The number of benzene rings is 3. The first kappa shape index (κ1) is 21.2. The predicted octanol–water partition coefficient (Wildman–Crippen LogP) is 4.18. The molecule has 0 fully saturated rings. The van der Waals surface area contributed by atoms with Gasteiger partial charge in [-0.05, 0) is 54.3 Å². The maximum Gasteiger partial charge on any atom is 0.337 e. The van der Waals surface area contributed by atoms with Crippen molar-refractivity contribution < 1.29 is 23.8 Å². The van der Waals surface area contributed by atoms with Crippen molar-refractivity contribution in [3.05, 3.63) is 89.5 Å². The Labute approximate surface area is 186 Å². The molecule has 164 valence electrons. The van der Waals surface area contributed by atoms with Crippen LogP contribution in [0.25, 0.3) is 0 Å². The second-order valence-corrected chi connectivity index (χ2v) is 7.45. The summed E-state index contributed by atoms with van der Waals surface area (Å²) in [4.78, 5) is 24.5. The molecule has 0 bridgehead atoms. The van der Waals surface area contributed by atoms with Gasteiger partial charge in [-0.25, -0.2) is 9.59 Å². The minimum absolute atomic E-state index is 0.165. The molecule has 1 aliphatic rings. The zero-order valence-corrected chi connectivity index (χ0v) is 17.7. The lowest BCUT2D eigenvalue weighted by molar-refractivity contribution is 0.0600. The Hall–Kier alpha value is -4.00. The zero-order valence-electron chi connectivity index (χ0n) is 17.7. The minimum atomic E-state index is -0.459. The van der Waals surface area contributed by atoms with E-state index in [1.54, 1.807) is 24.3 Å². The Balaban J connectivity index is 1.47. The van der Waals surface area contributed by atoms with E-state index in [9.17, 15) is 9.59 Å². The average molecular weight is 432 g/mol. The highest BCUT2D eigenvalue weighted by Gasteiger charge is 2.18. The second kappa shape index (κ2) is 9.87. The highest BCUT2D eigenvalue weighted by Crippen LogP contribution is 2.33. The molecular formula is C25H24N2O5. The summed E-state index contributed by atoms with van der Waals surface area (Å²) in [5, 5.41) is 5.86. The Morgan fingerprint density at radius 1 is 0.906 bits per heavy atom. The number of rotatable bonds is 7. The van der Waals surface area contributed by atoms with Crippen LogP contribution in [0.4, 0.5) is 10.5 Å². The van der Waals surface area contributed by atoms with Crippen LogP contribution in [0.3, 0.4) is 0 Å². The molecule has 7 heteroatoms. The number of urea groups is 1. The van der Waals surface area contributed by atoms with Crippen LogP contribution < -0.4 is 20.1 Å². The van der Waals surface area contributed by atoms with Gasteiger partial charge in [0.1, 0.15) is 0 Å². The molecule has 3 aromatic carbocycles. The number of esters is 1. The monoisotopic (exact) mass is 432 g/mol. The van der Waals surface area contributed by atoms with E-state index in [-0.39, 0.29) is 18.9 Å². The molecule has 1 atom stereocenters. The van der Waals surface area contributed by atoms with E-state index in [0.29, 0.717) is 29.8 Å². The van der Waals surface area contributed by atoms with Crippen molar-refractivity contribution >= 4 is 17.7 Å².